The summed E-state index contributed by atoms with van der Waals surface area (Å²) < 4.78 is 0. The summed E-state index contributed by atoms with van der Waals surface area (Å²) in [6, 6.07) is 6.66. The molecule has 1 aliphatic rings. The van der Waals surface area contributed by atoms with Gasteiger partial charge in [-0.1, -0.05) is 12.1 Å². The minimum absolute atomic E-state index is 0.00942. The Morgan fingerprint density at radius 1 is 1.39 bits per heavy atom. The molecule has 0 saturated carbocycles. The average molecular weight is 251 g/mol. The Morgan fingerprint density at radius 3 is 2.61 bits per heavy atom. The number of piperazine rings is 1. The fraction of sp³-hybridized carbons (Fsp3) is 0.500. The molecule has 0 amide bonds. The lowest BCUT2D eigenvalue weighted by atomic mass is 10.0. The monoisotopic (exact) mass is 251 g/mol. The van der Waals surface area contributed by atoms with E-state index in [9.17, 15) is 15.2 Å². The molecule has 1 atom stereocenters. The molecular formula is C12H17N3O3. The van der Waals surface area contributed by atoms with Gasteiger partial charge in [-0.15, -0.1) is 0 Å². The highest BCUT2D eigenvalue weighted by molar-refractivity contribution is 5.34. The summed E-state index contributed by atoms with van der Waals surface area (Å²) in [4.78, 5) is 14.4. The summed E-state index contributed by atoms with van der Waals surface area (Å²) in [6.07, 6.45) is 0. The van der Waals surface area contributed by atoms with Crippen LogP contribution in [0.25, 0.3) is 0 Å². The van der Waals surface area contributed by atoms with Crippen molar-refractivity contribution in [2.45, 2.75) is 6.04 Å². The van der Waals surface area contributed by atoms with E-state index < -0.39 is 4.92 Å². The zero-order valence-electron chi connectivity index (χ0n) is 10.3. The lowest BCUT2D eigenvalue weighted by molar-refractivity contribution is -0.384. The van der Waals surface area contributed by atoms with E-state index in [-0.39, 0.29) is 18.5 Å². The minimum atomic E-state index is -0.402. The summed E-state index contributed by atoms with van der Waals surface area (Å²) >= 11 is 0. The van der Waals surface area contributed by atoms with Gasteiger partial charge in [0.2, 0.25) is 0 Å². The second-order valence-corrected chi connectivity index (χ2v) is 4.58. The molecule has 0 radical (unpaired) electrons. The van der Waals surface area contributed by atoms with Crippen LogP contribution in [0, 0.1) is 10.1 Å². The summed E-state index contributed by atoms with van der Waals surface area (Å²) in [5.41, 5.74) is 1.10. The highest BCUT2D eigenvalue weighted by atomic mass is 16.6. The van der Waals surface area contributed by atoms with Gasteiger partial charge < -0.3 is 10.0 Å². The van der Waals surface area contributed by atoms with Gasteiger partial charge in [0, 0.05) is 37.8 Å². The maximum Gasteiger partial charge on any atom is 0.269 e. The van der Waals surface area contributed by atoms with E-state index in [1.807, 2.05) is 11.9 Å². The van der Waals surface area contributed by atoms with Crippen molar-refractivity contribution in [3.63, 3.8) is 0 Å². The molecule has 1 aromatic rings. The number of aliphatic hydroxyl groups excluding tert-OH is 1. The van der Waals surface area contributed by atoms with Gasteiger partial charge in [0.1, 0.15) is 0 Å². The van der Waals surface area contributed by atoms with E-state index in [0.717, 1.165) is 25.2 Å². The van der Waals surface area contributed by atoms with Gasteiger partial charge in [-0.2, -0.15) is 0 Å². The van der Waals surface area contributed by atoms with Crippen molar-refractivity contribution in [2.75, 3.05) is 33.4 Å². The second-order valence-electron chi connectivity index (χ2n) is 4.58. The van der Waals surface area contributed by atoms with Gasteiger partial charge in [0.15, 0.2) is 0 Å². The number of nitro benzene ring substituents is 1. The number of benzene rings is 1. The number of nitrogens with zero attached hydrogens (tertiary/aromatic N) is 3. The molecule has 1 heterocycles. The van der Waals surface area contributed by atoms with Crippen molar-refractivity contribution in [3.05, 3.63) is 39.9 Å². The third-order valence-electron chi connectivity index (χ3n) is 3.36. The Labute approximate surface area is 106 Å². The molecule has 1 N–H and O–H groups in total. The summed E-state index contributed by atoms with van der Waals surface area (Å²) in [6.45, 7) is 2.55. The second kappa shape index (κ2) is 5.43. The Morgan fingerprint density at radius 2 is 2.06 bits per heavy atom. The molecular weight excluding hydrogens is 234 g/mol. The van der Waals surface area contributed by atoms with Crippen molar-refractivity contribution in [3.8, 4) is 0 Å². The first kappa shape index (κ1) is 12.9. The van der Waals surface area contributed by atoms with E-state index in [2.05, 4.69) is 4.90 Å². The molecule has 0 spiro atoms. The lowest BCUT2D eigenvalue weighted by Gasteiger charge is -2.39. The predicted octanol–water partition coefficient (Wildman–Crippen LogP) is 0.833. The molecule has 0 aromatic heterocycles. The first-order chi connectivity index (χ1) is 8.61. The van der Waals surface area contributed by atoms with Crippen LogP contribution in [0.1, 0.15) is 11.6 Å². The molecule has 0 aliphatic carbocycles. The molecule has 98 valence electrons. The molecule has 2 rings (SSSR count). The first-order valence-corrected chi connectivity index (χ1v) is 5.89. The zero-order chi connectivity index (χ0) is 13.1. The topological polar surface area (TPSA) is 69.8 Å². The quantitative estimate of drug-likeness (QED) is 0.636. The van der Waals surface area contributed by atoms with Crippen LogP contribution < -0.4 is 0 Å². The van der Waals surface area contributed by atoms with Gasteiger partial charge in [0.25, 0.3) is 5.69 Å². The van der Waals surface area contributed by atoms with Crippen molar-refractivity contribution < 1.29 is 10.0 Å². The molecule has 18 heavy (non-hydrogen) atoms. The fourth-order valence-corrected chi connectivity index (χ4v) is 2.26. The normalized spacial score (nSPS) is 22.0. The van der Waals surface area contributed by atoms with Crippen LogP contribution >= 0.6 is 0 Å². The number of hydrogen-bond acceptors (Lipinski definition) is 5. The van der Waals surface area contributed by atoms with Crippen LogP contribution in [-0.2, 0) is 0 Å². The number of nitro groups is 1. The molecule has 1 aliphatic heterocycles. The van der Waals surface area contributed by atoms with E-state index in [4.69, 9.17) is 0 Å². The van der Waals surface area contributed by atoms with Crippen molar-refractivity contribution >= 4 is 5.69 Å². The van der Waals surface area contributed by atoms with E-state index >= 15 is 0 Å². The highest BCUT2D eigenvalue weighted by Crippen LogP contribution is 2.25. The molecule has 1 unspecified atom stereocenters. The SMILES string of the molecule is CN1CCN(CO)C(c2ccc([N+](=O)[O-])cc2)C1. The number of non-ortho nitro benzene ring substituents is 1. The van der Waals surface area contributed by atoms with Crippen molar-refractivity contribution in [1.82, 2.24) is 9.80 Å². The smallest absolute Gasteiger partial charge is 0.269 e. The van der Waals surface area contributed by atoms with Gasteiger partial charge in [0.05, 0.1) is 11.7 Å². The van der Waals surface area contributed by atoms with Gasteiger partial charge in [-0.05, 0) is 12.6 Å². The standard InChI is InChI=1S/C12H17N3O3/c1-13-6-7-14(9-16)12(8-13)10-2-4-11(5-3-10)15(17)18/h2-5,12,16H,6-9H2,1H3. The maximum atomic E-state index is 10.6. The Hall–Kier alpha value is -1.50. The first-order valence-electron chi connectivity index (χ1n) is 5.89. The summed E-state index contributed by atoms with van der Waals surface area (Å²) in [5.74, 6) is 0. The zero-order valence-corrected chi connectivity index (χ0v) is 10.3. The highest BCUT2D eigenvalue weighted by Gasteiger charge is 2.26. The number of hydrogen-bond donors (Lipinski definition) is 1. The third-order valence-corrected chi connectivity index (χ3v) is 3.36. The lowest BCUT2D eigenvalue weighted by Crippen LogP contribution is -2.46. The van der Waals surface area contributed by atoms with Crippen LogP contribution in [-0.4, -0.2) is 53.2 Å². The molecule has 0 bridgehead atoms. The Kier molecular flexibility index (Phi) is 3.90. The number of aliphatic hydroxyl groups is 1. The van der Waals surface area contributed by atoms with Gasteiger partial charge in [-0.3, -0.25) is 15.0 Å². The van der Waals surface area contributed by atoms with Crippen LogP contribution in [0.2, 0.25) is 0 Å². The molecule has 1 saturated heterocycles. The van der Waals surface area contributed by atoms with E-state index in [1.165, 1.54) is 12.1 Å². The largest absolute Gasteiger partial charge is 0.381 e. The maximum absolute atomic E-state index is 10.6. The average Bonchev–Trinajstić information content (AvgIpc) is 2.39. The Balaban J connectivity index is 2.20. The molecule has 1 fully saturated rings. The fourth-order valence-electron chi connectivity index (χ4n) is 2.26. The van der Waals surface area contributed by atoms with Crippen LogP contribution in [0.5, 0.6) is 0 Å². The van der Waals surface area contributed by atoms with Crippen LogP contribution in [0.3, 0.4) is 0 Å². The minimum Gasteiger partial charge on any atom is -0.381 e. The summed E-state index contributed by atoms with van der Waals surface area (Å²) in [5, 5.41) is 20.0. The predicted molar refractivity (Wildman–Crippen MR) is 67.1 cm³/mol. The van der Waals surface area contributed by atoms with E-state index in [1.54, 1.807) is 12.1 Å². The summed E-state index contributed by atoms with van der Waals surface area (Å²) in [7, 11) is 2.03. The van der Waals surface area contributed by atoms with Crippen molar-refractivity contribution in [2.24, 2.45) is 0 Å². The molecule has 1 aromatic carbocycles. The molecule has 6 heteroatoms. The van der Waals surface area contributed by atoms with Crippen molar-refractivity contribution in [1.29, 1.82) is 0 Å². The van der Waals surface area contributed by atoms with Crippen LogP contribution in [0.4, 0.5) is 5.69 Å². The van der Waals surface area contributed by atoms with Gasteiger partial charge >= 0.3 is 0 Å². The van der Waals surface area contributed by atoms with Gasteiger partial charge in [-0.25, -0.2) is 0 Å². The Bertz CT molecular complexity index is 421. The van der Waals surface area contributed by atoms with Crippen LogP contribution in [0.15, 0.2) is 24.3 Å². The number of rotatable bonds is 3. The number of likely N-dealkylation sites (N-methyl/N-ethyl adjacent to an activating group) is 1. The third kappa shape index (κ3) is 2.66. The van der Waals surface area contributed by atoms with E-state index in [0.29, 0.717) is 0 Å². The molecule has 6 nitrogen and oxygen atoms in total.